The fraction of sp³-hybridized carbons (Fsp3) is 0.333. The minimum absolute atomic E-state index is 0.0808. The average Bonchev–Trinajstić information content (AvgIpc) is 3.17. The third kappa shape index (κ3) is 4.13. The van der Waals surface area contributed by atoms with Gasteiger partial charge in [-0.1, -0.05) is 42.1 Å². The average molecular weight is 385 g/mol. The summed E-state index contributed by atoms with van der Waals surface area (Å²) in [6.45, 7) is 7.59. The maximum atomic E-state index is 12.5. The Hall–Kier alpha value is -2.81. The largest absolute Gasteiger partial charge is 0.349 e. The molecular formula is C18H23N7OS. The molecule has 2 unspecified atom stereocenters. The van der Waals surface area contributed by atoms with E-state index >= 15 is 0 Å². The quantitative estimate of drug-likeness (QED) is 0.498. The van der Waals surface area contributed by atoms with Crippen LogP contribution in [0.25, 0.3) is 5.95 Å². The Morgan fingerprint density at radius 3 is 2.52 bits per heavy atom. The van der Waals surface area contributed by atoms with E-state index in [-0.39, 0.29) is 17.2 Å². The molecule has 2 aromatic heterocycles. The number of hydrogen-bond donors (Lipinski definition) is 2. The lowest BCUT2D eigenvalue weighted by Crippen LogP contribution is -2.33. The highest BCUT2D eigenvalue weighted by molar-refractivity contribution is 8.00. The number of thioether (sulfide) groups is 1. The molecule has 3 rings (SSSR count). The van der Waals surface area contributed by atoms with Crippen LogP contribution in [0, 0.1) is 13.8 Å². The van der Waals surface area contributed by atoms with Gasteiger partial charge in [-0.3, -0.25) is 4.79 Å². The smallest absolute Gasteiger partial charge is 0.271 e. The topological polar surface area (TPSA) is 104 Å². The third-order valence-corrected chi connectivity index (χ3v) is 5.21. The van der Waals surface area contributed by atoms with Gasteiger partial charge in [-0.15, -0.1) is 10.2 Å². The van der Waals surface area contributed by atoms with E-state index < -0.39 is 0 Å². The Kier molecular flexibility index (Phi) is 5.50. The summed E-state index contributed by atoms with van der Waals surface area (Å²) in [7, 11) is 0. The van der Waals surface area contributed by atoms with E-state index in [2.05, 4.69) is 20.6 Å². The first-order chi connectivity index (χ1) is 12.9. The van der Waals surface area contributed by atoms with Crippen molar-refractivity contribution in [2.45, 2.75) is 44.1 Å². The predicted molar refractivity (Wildman–Crippen MR) is 105 cm³/mol. The second kappa shape index (κ2) is 7.83. The van der Waals surface area contributed by atoms with Gasteiger partial charge >= 0.3 is 0 Å². The van der Waals surface area contributed by atoms with E-state index in [1.807, 2.05) is 64.1 Å². The SMILES string of the molecule is Cc1cc(C)n(-c2nnc(SC(C)C(=O)NC(C)c3ccccc3)n2N)n1. The molecule has 0 aliphatic carbocycles. The second-order valence-electron chi connectivity index (χ2n) is 6.39. The van der Waals surface area contributed by atoms with Gasteiger partial charge in [0.15, 0.2) is 0 Å². The molecule has 0 aliphatic heterocycles. The molecule has 0 fully saturated rings. The molecule has 2 heterocycles. The molecule has 9 heteroatoms. The monoisotopic (exact) mass is 385 g/mol. The minimum atomic E-state index is -0.379. The van der Waals surface area contributed by atoms with Gasteiger partial charge in [0, 0.05) is 5.69 Å². The first-order valence-corrected chi connectivity index (χ1v) is 9.51. The third-order valence-electron chi connectivity index (χ3n) is 4.16. The Bertz CT molecular complexity index is 935. The zero-order valence-electron chi connectivity index (χ0n) is 15.7. The first kappa shape index (κ1) is 19.0. The van der Waals surface area contributed by atoms with Crippen molar-refractivity contribution in [3.05, 3.63) is 53.3 Å². The summed E-state index contributed by atoms with van der Waals surface area (Å²) in [6.07, 6.45) is 0. The molecule has 2 atom stereocenters. The van der Waals surface area contributed by atoms with Crippen LogP contribution in [-0.2, 0) is 4.79 Å². The van der Waals surface area contributed by atoms with E-state index in [0.717, 1.165) is 17.0 Å². The maximum Gasteiger partial charge on any atom is 0.271 e. The highest BCUT2D eigenvalue weighted by Crippen LogP contribution is 2.23. The van der Waals surface area contributed by atoms with Crippen LogP contribution in [0.3, 0.4) is 0 Å². The number of nitrogens with zero attached hydrogens (tertiary/aromatic N) is 5. The zero-order valence-corrected chi connectivity index (χ0v) is 16.6. The van der Waals surface area contributed by atoms with E-state index in [0.29, 0.717) is 11.1 Å². The lowest BCUT2D eigenvalue weighted by atomic mass is 10.1. The molecule has 8 nitrogen and oxygen atoms in total. The molecule has 1 amide bonds. The Morgan fingerprint density at radius 2 is 1.89 bits per heavy atom. The van der Waals surface area contributed by atoms with E-state index in [1.165, 1.54) is 16.4 Å². The highest BCUT2D eigenvalue weighted by Gasteiger charge is 2.22. The van der Waals surface area contributed by atoms with Crippen molar-refractivity contribution < 1.29 is 4.79 Å². The standard InChI is InChI=1S/C18H23N7OS/c1-11-10-12(2)25(23-11)17-21-22-18(24(17)19)27-14(4)16(26)20-13(3)15-8-6-5-7-9-15/h5-10,13-14H,19H2,1-4H3,(H,20,26). The van der Waals surface area contributed by atoms with E-state index in [9.17, 15) is 4.79 Å². The van der Waals surface area contributed by atoms with Crippen molar-refractivity contribution in [2.24, 2.45) is 0 Å². The lowest BCUT2D eigenvalue weighted by molar-refractivity contribution is -0.120. The van der Waals surface area contributed by atoms with Gasteiger partial charge in [-0.05, 0) is 39.3 Å². The summed E-state index contributed by atoms with van der Waals surface area (Å²) in [6, 6.07) is 11.7. The summed E-state index contributed by atoms with van der Waals surface area (Å²) in [4.78, 5) is 12.5. The van der Waals surface area contributed by atoms with Gasteiger partial charge in [-0.2, -0.15) is 5.10 Å². The fourth-order valence-corrected chi connectivity index (χ4v) is 3.47. The predicted octanol–water partition coefficient (Wildman–Crippen LogP) is 2.15. The summed E-state index contributed by atoms with van der Waals surface area (Å²) >= 11 is 1.25. The van der Waals surface area contributed by atoms with Crippen LogP contribution in [0.5, 0.6) is 0 Å². The van der Waals surface area contributed by atoms with Crippen LogP contribution in [-0.4, -0.2) is 35.8 Å². The van der Waals surface area contributed by atoms with Crippen molar-refractivity contribution in [2.75, 3.05) is 5.84 Å². The minimum Gasteiger partial charge on any atom is -0.349 e. The summed E-state index contributed by atoms with van der Waals surface area (Å²) < 4.78 is 2.99. The Morgan fingerprint density at radius 1 is 1.19 bits per heavy atom. The Labute approximate surface area is 162 Å². The molecule has 142 valence electrons. The molecule has 0 spiro atoms. The number of hydrogen-bond acceptors (Lipinski definition) is 6. The molecule has 0 aliphatic rings. The van der Waals surface area contributed by atoms with Crippen molar-refractivity contribution in [3.63, 3.8) is 0 Å². The van der Waals surface area contributed by atoms with Crippen LogP contribution < -0.4 is 11.2 Å². The number of aromatic nitrogens is 5. The van der Waals surface area contributed by atoms with Crippen LogP contribution in [0.1, 0.15) is 36.8 Å². The first-order valence-electron chi connectivity index (χ1n) is 8.63. The molecule has 0 saturated carbocycles. The molecule has 0 bridgehead atoms. The van der Waals surface area contributed by atoms with E-state index in [1.54, 1.807) is 4.68 Å². The second-order valence-corrected chi connectivity index (χ2v) is 7.70. The summed E-state index contributed by atoms with van der Waals surface area (Å²) in [5.74, 6) is 6.45. The number of benzene rings is 1. The van der Waals surface area contributed by atoms with Gasteiger partial charge in [-0.25, -0.2) is 9.36 Å². The van der Waals surface area contributed by atoms with Crippen LogP contribution in [0.15, 0.2) is 41.6 Å². The molecule has 0 radical (unpaired) electrons. The number of nitrogen functional groups attached to an aromatic ring is 1. The summed E-state index contributed by atoms with van der Waals surface area (Å²) in [5, 5.41) is 15.7. The zero-order chi connectivity index (χ0) is 19.6. The number of rotatable bonds is 6. The van der Waals surface area contributed by atoms with Crippen LogP contribution >= 0.6 is 11.8 Å². The molecule has 3 aromatic rings. The number of aryl methyl sites for hydroxylation is 2. The summed E-state index contributed by atoms with van der Waals surface area (Å²) in [5.41, 5.74) is 2.83. The number of amides is 1. The molecular weight excluding hydrogens is 362 g/mol. The molecule has 0 saturated heterocycles. The lowest BCUT2D eigenvalue weighted by Gasteiger charge is -2.17. The number of nitrogens with two attached hydrogens (primary N) is 1. The molecule has 3 N–H and O–H groups in total. The van der Waals surface area contributed by atoms with Crippen molar-refractivity contribution in [1.29, 1.82) is 0 Å². The van der Waals surface area contributed by atoms with Gasteiger partial charge in [0.2, 0.25) is 11.1 Å². The highest BCUT2D eigenvalue weighted by atomic mass is 32.2. The Balaban J connectivity index is 1.68. The molecule has 27 heavy (non-hydrogen) atoms. The van der Waals surface area contributed by atoms with Gasteiger partial charge in [0.25, 0.3) is 5.95 Å². The number of carbonyl (C=O) groups excluding carboxylic acids is 1. The van der Waals surface area contributed by atoms with E-state index in [4.69, 9.17) is 5.84 Å². The molecule has 1 aromatic carbocycles. The van der Waals surface area contributed by atoms with Crippen molar-refractivity contribution in [1.82, 2.24) is 30.0 Å². The maximum absolute atomic E-state index is 12.5. The fourth-order valence-electron chi connectivity index (χ4n) is 2.69. The van der Waals surface area contributed by atoms with Crippen molar-refractivity contribution >= 4 is 17.7 Å². The van der Waals surface area contributed by atoms with Crippen molar-refractivity contribution in [3.8, 4) is 5.95 Å². The van der Waals surface area contributed by atoms with Crippen LogP contribution in [0.4, 0.5) is 0 Å². The van der Waals surface area contributed by atoms with Gasteiger partial charge in [0.1, 0.15) is 0 Å². The number of nitrogens with one attached hydrogen (secondary N) is 1. The number of carbonyl (C=O) groups is 1. The normalized spacial score (nSPS) is 13.3. The van der Waals surface area contributed by atoms with Gasteiger partial charge in [0.05, 0.1) is 17.0 Å². The van der Waals surface area contributed by atoms with Crippen LogP contribution in [0.2, 0.25) is 0 Å². The van der Waals surface area contributed by atoms with Gasteiger partial charge < -0.3 is 11.2 Å².